The molecule has 16 heavy (non-hydrogen) atoms. The molecule has 0 radical (unpaired) electrons. The molecule has 1 atom stereocenters. The fourth-order valence-corrected chi connectivity index (χ4v) is 0.632. The number of rotatable bonds is 6. The fraction of sp³-hybridized carbons (Fsp3) is 0.700. The first-order chi connectivity index (χ1) is 7.32. The Kier molecular flexibility index (Phi) is 11.0. The van der Waals surface area contributed by atoms with E-state index in [-0.39, 0.29) is 11.6 Å². The molecule has 94 valence electrons. The van der Waals surface area contributed by atoms with Gasteiger partial charge in [0.2, 0.25) is 0 Å². The lowest BCUT2D eigenvalue weighted by atomic mass is 10.1. The molecule has 0 aliphatic heterocycles. The number of nitrogens with two attached hydrogens (primary N) is 2. The summed E-state index contributed by atoms with van der Waals surface area (Å²) in [6.45, 7) is 3.11. The molecule has 1 unspecified atom stereocenters. The van der Waals surface area contributed by atoms with Gasteiger partial charge in [-0.05, 0) is 19.4 Å². The average molecular weight is 232 g/mol. The lowest BCUT2D eigenvalue weighted by molar-refractivity contribution is -0.138. The molecule has 0 aliphatic rings. The summed E-state index contributed by atoms with van der Waals surface area (Å²) in [6.07, 6.45) is 2.16. The number of carbonyl (C=O) groups is 3. The molecule has 0 fully saturated rings. The van der Waals surface area contributed by atoms with Crippen molar-refractivity contribution in [2.24, 2.45) is 11.5 Å². The van der Waals surface area contributed by atoms with Crippen molar-refractivity contribution in [3.05, 3.63) is 0 Å². The van der Waals surface area contributed by atoms with Crippen molar-refractivity contribution in [3.63, 3.8) is 0 Å². The number of carboxylic acids is 1. The first-order valence-corrected chi connectivity index (χ1v) is 5.02. The minimum Gasteiger partial charge on any atom is -0.480 e. The van der Waals surface area contributed by atoms with Gasteiger partial charge in [0.05, 0.1) is 0 Å². The van der Waals surface area contributed by atoms with Crippen LogP contribution in [0.4, 0.5) is 0 Å². The Bertz CT molecular complexity index is 229. The number of hydrogen-bond acceptors (Lipinski definition) is 5. The molecule has 0 bridgehead atoms. The molecule has 0 spiro atoms. The molecule has 6 heteroatoms. The van der Waals surface area contributed by atoms with E-state index in [2.05, 4.69) is 0 Å². The van der Waals surface area contributed by atoms with Crippen molar-refractivity contribution in [1.82, 2.24) is 0 Å². The summed E-state index contributed by atoms with van der Waals surface area (Å²) < 4.78 is 0. The maximum atomic E-state index is 10.1. The zero-order valence-corrected chi connectivity index (χ0v) is 9.73. The van der Waals surface area contributed by atoms with Crippen molar-refractivity contribution in [1.29, 1.82) is 0 Å². The molecule has 0 aromatic carbocycles. The predicted octanol–water partition coefficient (Wildman–Crippen LogP) is -0.308. The number of Topliss-reactive ketones (excluding diaryl/α,β-unsaturated/α-hetero) is 2. The van der Waals surface area contributed by atoms with Gasteiger partial charge in [0.1, 0.15) is 6.04 Å². The van der Waals surface area contributed by atoms with Gasteiger partial charge in [-0.1, -0.05) is 6.42 Å². The molecule has 0 saturated carbocycles. The van der Waals surface area contributed by atoms with E-state index in [1.807, 2.05) is 0 Å². The van der Waals surface area contributed by atoms with Crippen LogP contribution in [0, 0.1) is 0 Å². The smallest absolute Gasteiger partial charge is 0.320 e. The third-order valence-corrected chi connectivity index (χ3v) is 1.78. The van der Waals surface area contributed by atoms with Gasteiger partial charge >= 0.3 is 5.97 Å². The van der Waals surface area contributed by atoms with Crippen LogP contribution in [-0.4, -0.2) is 35.2 Å². The van der Waals surface area contributed by atoms with Crippen LogP contribution in [0.2, 0.25) is 0 Å². The quantitative estimate of drug-likeness (QED) is 0.426. The highest BCUT2D eigenvalue weighted by Gasteiger charge is 2.09. The topological polar surface area (TPSA) is 123 Å². The Labute approximate surface area is 95.0 Å². The molecule has 0 amide bonds. The van der Waals surface area contributed by atoms with Crippen LogP contribution in [0.1, 0.15) is 33.1 Å². The van der Waals surface area contributed by atoms with E-state index in [1.54, 1.807) is 0 Å². The molecule has 6 nitrogen and oxygen atoms in total. The fourth-order valence-electron chi connectivity index (χ4n) is 0.632. The summed E-state index contributed by atoms with van der Waals surface area (Å²) >= 11 is 0. The Morgan fingerprint density at radius 1 is 1.12 bits per heavy atom. The second-order valence-electron chi connectivity index (χ2n) is 3.34. The number of ketones is 2. The van der Waals surface area contributed by atoms with Crippen molar-refractivity contribution >= 4 is 17.5 Å². The molecule has 0 aromatic heterocycles. The number of aliphatic carboxylic acids is 1. The first kappa shape index (κ1) is 17.1. The zero-order chi connectivity index (χ0) is 13.1. The standard InChI is InChI=1S/C6H14N2O2.C4H6O2/c7-4-2-1-3-5(8)6(9)10;1-3(5)4(2)6/h5H,1-4,7-8H2,(H,9,10);1-2H3. The maximum Gasteiger partial charge on any atom is 0.320 e. The van der Waals surface area contributed by atoms with Crippen LogP contribution < -0.4 is 11.5 Å². The van der Waals surface area contributed by atoms with E-state index in [1.165, 1.54) is 13.8 Å². The van der Waals surface area contributed by atoms with Crippen LogP contribution in [0.25, 0.3) is 0 Å². The second kappa shape index (κ2) is 10.3. The molecular formula is C10H20N2O4. The molecule has 0 aliphatic carbocycles. The Hall–Kier alpha value is -1.27. The number of carbonyl (C=O) groups excluding carboxylic acids is 2. The molecule has 5 N–H and O–H groups in total. The minimum atomic E-state index is -0.933. The van der Waals surface area contributed by atoms with Crippen molar-refractivity contribution in [2.45, 2.75) is 39.2 Å². The Morgan fingerprint density at radius 3 is 1.81 bits per heavy atom. The van der Waals surface area contributed by atoms with E-state index in [4.69, 9.17) is 16.6 Å². The Morgan fingerprint density at radius 2 is 1.56 bits per heavy atom. The third-order valence-electron chi connectivity index (χ3n) is 1.78. The normalized spacial score (nSPS) is 11.0. The lowest BCUT2D eigenvalue weighted by Crippen LogP contribution is -2.29. The van der Waals surface area contributed by atoms with Crippen molar-refractivity contribution < 1.29 is 19.5 Å². The zero-order valence-electron chi connectivity index (χ0n) is 9.73. The molecular weight excluding hydrogens is 212 g/mol. The van der Waals surface area contributed by atoms with E-state index < -0.39 is 12.0 Å². The SMILES string of the molecule is CC(=O)C(C)=O.NCCCCC(N)C(=O)O. The third kappa shape index (κ3) is 12.7. The highest BCUT2D eigenvalue weighted by Crippen LogP contribution is 1.96. The van der Waals surface area contributed by atoms with Gasteiger partial charge in [-0.25, -0.2) is 0 Å². The first-order valence-electron chi connectivity index (χ1n) is 5.02. The van der Waals surface area contributed by atoms with Gasteiger partial charge in [0.15, 0.2) is 11.6 Å². The number of hydrogen-bond donors (Lipinski definition) is 3. The molecule has 0 rings (SSSR count). The summed E-state index contributed by atoms with van der Waals surface area (Å²) in [6, 6.07) is -0.716. The highest BCUT2D eigenvalue weighted by atomic mass is 16.4. The van der Waals surface area contributed by atoms with E-state index >= 15 is 0 Å². The van der Waals surface area contributed by atoms with Crippen LogP contribution in [0.5, 0.6) is 0 Å². The Balaban J connectivity index is 0. The van der Waals surface area contributed by atoms with Gasteiger partial charge in [-0.2, -0.15) is 0 Å². The highest BCUT2D eigenvalue weighted by molar-refractivity contribution is 6.35. The van der Waals surface area contributed by atoms with Crippen molar-refractivity contribution in [2.75, 3.05) is 6.54 Å². The van der Waals surface area contributed by atoms with Gasteiger partial charge in [0, 0.05) is 13.8 Å². The number of unbranched alkanes of at least 4 members (excludes halogenated alkanes) is 1. The number of carboxylic acid groups (broad SMARTS) is 1. The predicted molar refractivity (Wildman–Crippen MR) is 59.9 cm³/mol. The van der Waals surface area contributed by atoms with Crippen LogP contribution in [0.15, 0.2) is 0 Å². The minimum absolute atomic E-state index is 0.380. The summed E-state index contributed by atoms with van der Waals surface area (Å²) in [7, 11) is 0. The van der Waals surface area contributed by atoms with Gasteiger partial charge in [0.25, 0.3) is 0 Å². The summed E-state index contributed by atoms with van der Waals surface area (Å²) in [5.74, 6) is -1.69. The maximum absolute atomic E-state index is 10.1. The molecule has 0 heterocycles. The summed E-state index contributed by atoms with van der Waals surface area (Å²) in [4.78, 5) is 29.7. The van der Waals surface area contributed by atoms with Gasteiger partial charge < -0.3 is 16.6 Å². The molecule has 0 saturated heterocycles. The molecule has 0 aromatic rings. The second-order valence-corrected chi connectivity index (χ2v) is 3.34. The van der Waals surface area contributed by atoms with E-state index in [0.29, 0.717) is 13.0 Å². The lowest BCUT2D eigenvalue weighted by Gasteiger charge is -2.03. The van der Waals surface area contributed by atoms with Gasteiger partial charge in [-0.3, -0.25) is 14.4 Å². The van der Waals surface area contributed by atoms with E-state index in [0.717, 1.165) is 12.8 Å². The monoisotopic (exact) mass is 232 g/mol. The summed E-state index contributed by atoms with van der Waals surface area (Å²) in [5.41, 5.74) is 10.4. The van der Waals surface area contributed by atoms with Gasteiger partial charge in [-0.15, -0.1) is 0 Å². The van der Waals surface area contributed by atoms with Crippen molar-refractivity contribution in [3.8, 4) is 0 Å². The van der Waals surface area contributed by atoms with E-state index in [9.17, 15) is 14.4 Å². The van der Waals surface area contributed by atoms with Crippen LogP contribution in [-0.2, 0) is 14.4 Å². The average Bonchev–Trinajstić information content (AvgIpc) is 2.18. The van der Waals surface area contributed by atoms with Crippen LogP contribution in [0.3, 0.4) is 0 Å². The largest absolute Gasteiger partial charge is 0.480 e. The summed E-state index contributed by atoms with van der Waals surface area (Å²) in [5, 5.41) is 8.33. The van der Waals surface area contributed by atoms with Crippen LogP contribution >= 0.6 is 0 Å².